The van der Waals surface area contributed by atoms with Crippen molar-refractivity contribution in [1.82, 2.24) is 4.90 Å². The van der Waals surface area contributed by atoms with Gasteiger partial charge < -0.3 is 5.73 Å². The summed E-state index contributed by atoms with van der Waals surface area (Å²) in [6.45, 7) is 8.74. The molecule has 0 spiro atoms. The Morgan fingerprint density at radius 2 is 2.18 bits per heavy atom. The van der Waals surface area contributed by atoms with Crippen molar-refractivity contribution >= 4 is 15.9 Å². The molecule has 0 aromatic heterocycles. The highest BCUT2D eigenvalue weighted by Crippen LogP contribution is 2.31. The number of likely N-dealkylation sites (tertiary alicyclic amines) is 1. The summed E-state index contributed by atoms with van der Waals surface area (Å²) < 4.78 is 1.19. The van der Waals surface area contributed by atoms with Crippen LogP contribution in [0, 0.1) is 5.41 Å². The molecule has 0 unspecified atom stereocenters. The van der Waals surface area contributed by atoms with E-state index in [1.807, 2.05) is 0 Å². The largest absolute Gasteiger partial charge is 0.326 e. The highest BCUT2D eigenvalue weighted by atomic mass is 79.9. The second-order valence-electron chi connectivity index (χ2n) is 5.75. The lowest BCUT2D eigenvalue weighted by Gasteiger charge is -2.20. The summed E-state index contributed by atoms with van der Waals surface area (Å²) in [6.07, 6.45) is 1.30. The lowest BCUT2D eigenvalue weighted by Crippen LogP contribution is -2.23. The predicted octanol–water partition coefficient (Wildman–Crippen LogP) is 3.14. The zero-order valence-electron chi connectivity index (χ0n) is 10.7. The van der Waals surface area contributed by atoms with Crippen LogP contribution in [0.1, 0.15) is 31.4 Å². The first-order valence-corrected chi connectivity index (χ1v) is 6.99. The molecule has 2 N–H and O–H groups in total. The van der Waals surface area contributed by atoms with Crippen LogP contribution in [0.15, 0.2) is 22.7 Å². The first kappa shape index (κ1) is 13.1. The smallest absolute Gasteiger partial charge is 0.0245 e. The van der Waals surface area contributed by atoms with Crippen LogP contribution in [0.25, 0.3) is 0 Å². The van der Waals surface area contributed by atoms with Crippen molar-refractivity contribution < 1.29 is 0 Å². The molecule has 2 rings (SSSR count). The average Bonchev–Trinajstić information content (AvgIpc) is 2.61. The van der Waals surface area contributed by atoms with E-state index in [1.165, 1.54) is 35.1 Å². The van der Waals surface area contributed by atoms with Crippen molar-refractivity contribution in [1.29, 1.82) is 0 Å². The van der Waals surface area contributed by atoms with Crippen LogP contribution in [-0.2, 0) is 13.1 Å². The van der Waals surface area contributed by atoms with E-state index in [-0.39, 0.29) is 0 Å². The van der Waals surface area contributed by atoms with E-state index in [0.717, 1.165) is 6.54 Å². The molecule has 94 valence electrons. The Kier molecular flexibility index (Phi) is 3.91. The summed E-state index contributed by atoms with van der Waals surface area (Å²) in [7, 11) is 0. The Morgan fingerprint density at radius 1 is 1.41 bits per heavy atom. The molecule has 0 saturated carbocycles. The highest BCUT2D eigenvalue weighted by Gasteiger charge is 2.29. The fourth-order valence-electron chi connectivity index (χ4n) is 2.45. The summed E-state index contributed by atoms with van der Waals surface area (Å²) in [4.78, 5) is 2.53. The lowest BCUT2D eigenvalue weighted by molar-refractivity contribution is 0.284. The van der Waals surface area contributed by atoms with Gasteiger partial charge in [0.1, 0.15) is 0 Å². The van der Waals surface area contributed by atoms with Crippen molar-refractivity contribution in [2.45, 2.75) is 33.4 Å². The Hall–Kier alpha value is -0.380. The monoisotopic (exact) mass is 296 g/mol. The van der Waals surface area contributed by atoms with Gasteiger partial charge in [0.05, 0.1) is 0 Å². The zero-order valence-corrected chi connectivity index (χ0v) is 12.3. The van der Waals surface area contributed by atoms with Crippen LogP contribution >= 0.6 is 15.9 Å². The van der Waals surface area contributed by atoms with Gasteiger partial charge >= 0.3 is 0 Å². The van der Waals surface area contributed by atoms with Gasteiger partial charge in [-0.3, -0.25) is 4.90 Å². The van der Waals surface area contributed by atoms with E-state index in [2.05, 4.69) is 52.9 Å². The van der Waals surface area contributed by atoms with Crippen molar-refractivity contribution in [3.63, 3.8) is 0 Å². The molecule has 1 aromatic rings. The van der Waals surface area contributed by atoms with E-state index in [4.69, 9.17) is 5.73 Å². The molecule has 1 saturated heterocycles. The highest BCUT2D eigenvalue weighted by molar-refractivity contribution is 9.10. The molecule has 17 heavy (non-hydrogen) atoms. The van der Waals surface area contributed by atoms with Crippen LogP contribution in [0.4, 0.5) is 0 Å². The minimum atomic E-state index is 0.476. The molecule has 0 aliphatic carbocycles. The molecule has 2 nitrogen and oxygen atoms in total. The normalized spacial score (nSPS) is 19.8. The van der Waals surface area contributed by atoms with E-state index in [1.54, 1.807) is 0 Å². The number of halogens is 1. The molecule has 1 fully saturated rings. The maximum Gasteiger partial charge on any atom is 0.0245 e. The predicted molar refractivity (Wildman–Crippen MR) is 75.7 cm³/mol. The summed E-state index contributed by atoms with van der Waals surface area (Å²) in [5, 5.41) is 0. The Morgan fingerprint density at radius 3 is 2.71 bits per heavy atom. The zero-order chi connectivity index (χ0) is 12.5. The SMILES string of the molecule is CC1(C)CCN(Cc2ccc(CN)cc2Br)C1. The van der Waals surface area contributed by atoms with Gasteiger partial charge in [0.2, 0.25) is 0 Å². The molecule has 1 aliphatic heterocycles. The summed E-state index contributed by atoms with van der Waals surface area (Å²) in [5.41, 5.74) is 8.66. The third-order valence-electron chi connectivity index (χ3n) is 3.50. The van der Waals surface area contributed by atoms with Gasteiger partial charge in [-0.1, -0.05) is 41.9 Å². The number of rotatable bonds is 3. The maximum absolute atomic E-state index is 5.64. The van der Waals surface area contributed by atoms with Crippen LogP contribution in [-0.4, -0.2) is 18.0 Å². The molecule has 1 aliphatic rings. The van der Waals surface area contributed by atoms with E-state index in [9.17, 15) is 0 Å². The third-order valence-corrected chi connectivity index (χ3v) is 4.24. The summed E-state index contributed by atoms with van der Waals surface area (Å²) in [5.74, 6) is 0. The quantitative estimate of drug-likeness (QED) is 0.928. The van der Waals surface area contributed by atoms with Gasteiger partial charge in [-0.15, -0.1) is 0 Å². The number of nitrogens with zero attached hydrogens (tertiary/aromatic N) is 1. The Balaban J connectivity index is 2.04. The van der Waals surface area contributed by atoms with E-state index in [0.29, 0.717) is 12.0 Å². The molecule has 0 bridgehead atoms. The fourth-order valence-corrected chi connectivity index (χ4v) is 3.00. The molecular formula is C14H21BrN2. The van der Waals surface area contributed by atoms with Gasteiger partial charge in [-0.05, 0) is 35.6 Å². The molecule has 0 amide bonds. The van der Waals surface area contributed by atoms with E-state index >= 15 is 0 Å². The Labute approximate surface area is 112 Å². The topological polar surface area (TPSA) is 29.3 Å². The molecule has 3 heteroatoms. The molecule has 1 aromatic carbocycles. The van der Waals surface area contributed by atoms with Crippen LogP contribution in [0.2, 0.25) is 0 Å². The number of hydrogen-bond donors (Lipinski definition) is 1. The number of benzene rings is 1. The number of hydrogen-bond acceptors (Lipinski definition) is 2. The van der Waals surface area contributed by atoms with Gasteiger partial charge in [-0.25, -0.2) is 0 Å². The van der Waals surface area contributed by atoms with Gasteiger partial charge in [0.25, 0.3) is 0 Å². The first-order valence-electron chi connectivity index (χ1n) is 6.20. The minimum absolute atomic E-state index is 0.476. The third kappa shape index (κ3) is 3.30. The summed E-state index contributed by atoms with van der Waals surface area (Å²) >= 11 is 3.64. The first-order chi connectivity index (χ1) is 8.00. The lowest BCUT2D eigenvalue weighted by atomic mass is 9.93. The molecule has 0 radical (unpaired) electrons. The van der Waals surface area contributed by atoms with Gasteiger partial charge in [0.15, 0.2) is 0 Å². The van der Waals surface area contributed by atoms with Gasteiger partial charge in [-0.2, -0.15) is 0 Å². The fraction of sp³-hybridized carbons (Fsp3) is 0.571. The number of nitrogens with two attached hydrogens (primary N) is 1. The second kappa shape index (κ2) is 5.09. The van der Waals surface area contributed by atoms with Gasteiger partial charge in [0, 0.05) is 24.1 Å². The maximum atomic E-state index is 5.64. The van der Waals surface area contributed by atoms with E-state index < -0.39 is 0 Å². The van der Waals surface area contributed by atoms with Crippen LogP contribution in [0.3, 0.4) is 0 Å². The van der Waals surface area contributed by atoms with Crippen LogP contribution in [0.5, 0.6) is 0 Å². The van der Waals surface area contributed by atoms with Crippen molar-refractivity contribution in [3.8, 4) is 0 Å². The molecule has 1 heterocycles. The molecular weight excluding hydrogens is 276 g/mol. The van der Waals surface area contributed by atoms with Crippen LogP contribution < -0.4 is 5.73 Å². The Bertz CT molecular complexity index is 401. The average molecular weight is 297 g/mol. The standard InChI is InChI=1S/C14H21BrN2/c1-14(2)5-6-17(10-14)9-12-4-3-11(8-16)7-13(12)15/h3-4,7H,5-6,8-10,16H2,1-2H3. The van der Waals surface area contributed by atoms with Crippen molar-refractivity contribution in [2.75, 3.05) is 13.1 Å². The van der Waals surface area contributed by atoms with Crippen molar-refractivity contribution in [3.05, 3.63) is 33.8 Å². The summed E-state index contributed by atoms with van der Waals surface area (Å²) in [6, 6.07) is 6.45. The minimum Gasteiger partial charge on any atom is -0.326 e. The van der Waals surface area contributed by atoms with Crippen molar-refractivity contribution in [2.24, 2.45) is 11.1 Å². The second-order valence-corrected chi connectivity index (χ2v) is 6.61. The molecule has 0 atom stereocenters.